The molecular weight excluding hydrogens is 657 g/mol. The highest BCUT2D eigenvalue weighted by atomic mass is 32.2. The first-order valence-electron chi connectivity index (χ1n) is 16.0. The molecule has 12 nitrogen and oxygen atoms in total. The van der Waals surface area contributed by atoms with Crippen LogP contribution in [-0.4, -0.2) is 94.0 Å². The number of sulfonamides is 1. The summed E-state index contributed by atoms with van der Waals surface area (Å²) in [5.41, 5.74) is 1.00. The van der Waals surface area contributed by atoms with E-state index in [4.69, 9.17) is 14.2 Å². The van der Waals surface area contributed by atoms with E-state index in [2.05, 4.69) is 10.0 Å². The highest BCUT2D eigenvalue weighted by molar-refractivity contribution is 7.94. The fourth-order valence-corrected chi connectivity index (χ4v) is 7.36. The third-order valence-corrected chi connectivity index (χ3v) is 11.0. The lowest BCUT2D eigenvalue weighted by Gasteiger charge is -2.35. The Morgan fingerprint density at radius 1 is 1.15 bits per heavy atom. The number of nitrogens with one attached hydrogen (secondary N) is 2. The van der Waals surface area contributed by atoms with Crippen LogP contribution in [0.5, 0.6) is 11.5 Å². The smallest absolute Gasteiger partial charge is 0.321 e. The summed E-state index contributed by atoms with van der Waals surface area (Å²) in [6, 6.07) is 14.0. The van der Waals surface area contributed by atoms with Crippen LogP contribution in [-0.2, 0) is 14.8 Å². The molecule has 262 valence electrons. The fourth-order valence-electron chi connectivity index (χ4n) is 5.32. The lowest BCUT2D eigenvalue weighted by atomic mass is 10.0. The average Bonchev–Trinajstić information content (AvgIpc) is 3.63. The molecule has 1 aliphatic rings. The van der Waals surface area contributed by atoms with Crippen LogP contribution in [0.2, 0.25) is 0 Å². The van der Waals surface area contributed by atoms with Gasteiger partial charge < -0.3 is 34.4 Å². The van der Waals surface area contributed by atoms with Crippen molar-refractivity contribution >= 4 is 44.7 Å². The van der Waals surface area contributed by atoms with Gasteiger partial charge in [0.05, 0.1) is 37.5 Å². The Kier molecular flexibility index (Phi) is 13.1. The van der Waals surface area contributed by atoms with E-state index in [1.165, 1.54) is 12.1 Å². The van der Waals surface area contributed by atoms with Crippen molar-refractivity contribution in [3.05, 3.63) is 65.5 Å². The first kappa shape index (κ1) is 37.0. The van der Waals surface area contributed by atoms with Crippen molar-refractivity contribution in [2.75, 3.05) is 50.5 Å². The second-order valence-corrected chi connectivity index (χ2v) is 14.9. The number of anilines is 2. The van der Waals surface area contributed by atoms with Crippen molar-refractivity contribution in [1.82, 2.24) is 9.80 Å². The number of fused-ring (bicyclic) bond motifs is 1. The number of aliphatic hydroxyl groups excluding tert-OH is 1. The Morgan fingerprint density at radius 3 is 2.54 bits per heavy atom. The molecule has 14 heteroatoms. The number of amides is 3. The predicted octanol–water partition coefficient (Wildman–Crippen LogP) is 5.52. The van der Waals surface area contributed by atoms with E-state index >= 15 is 0 Å². The summed E-state index contributed by atoms with van der Waals surface area (Å²) in [6.07, 6.45) is 1.61. The fraction of sp³-hybridized carbons (Fsp3) is 0.471. The van der Waals surface area contributed by atoms with Crippen LogP contribution < -0.4 is 19.5 Å². The number of carbonyl (C=O) groups excluding carboxylic acids is 2. The number of methoxy groups -OCH3 is 1. The standard InChI is InChI=1S/C34H46N4O8S2/c1-23-20-38(24(2)22-39)33(40)29-19-27(36-48(42,43)32-10-8-18-47-32)13-16-30(29)46-25(3)9-6-7-17-45-31(23)21-37(4)34(41)35-26-11-14-28(44-5)15-12-26/h8,10-16,18-19,23-25,31,36,39H,6-7,9,17,20-22H2,1-5H3,(H,35,41)/t23-,24+,25-,31-/m0/s1. The SMILES string of the molecule is COc1ccc(NC(=O)N(C)C[C@@H]2OCCCC[C@H](C)Oc3ccc(NS(=O)(=O)c4cccs4)cc3C(=O)N([C@H](C)CO)C[C@@H]2C)cc1. The zero-order chi connectivity index (χ0) is 34.8. The summed E-state index contributed by atoms with van der Waals surface area (Å²) in [7, 11) is -0.599. The quantitative estimate of drug-likeness (QED) is 0.264. The van der Waals surface area contributed by atoms with Crippen LogP contribution >= 0.6 is 11.3 Å². The third kappa shape index (κ3) is 9.84. The van der Waals surface area contributed by atoms with E-state index in [-0.39, 0.29) is 53.2 Å². The lowest BCUT2D eigenvalue weighted by Crippen LogP contribution is -2.48. The number of benzene rings is 2. The van der Waals surface area contributed by atoms with Crippen LogP contribution in [0.4, 0.5) is 16.2 Å². The van der Waals surface area contributed by atoms with Gasteiger partial charge in [-0.3, -0.25) is 9.52 Å². The van der Waals surface area contributed by atoms with Gasteiger partial charge in [-0.1, -0.05) is 13.0 Å². The molecular formula is C34H46N4O8S2. The van der Waals surface area contributed by atoms with Gasteiger partial charge in [-0.2, -0.15) is 0 Å². The number of rotatable bonds is 9. The maximum Gasteiger partial charge on any atom is 0.321 e. The van der Waals surface area contributed by atoms with E-state index in [9.17, 15) is 23.1 Å². The van der Waals surface area contributed by atoms with Gasteiger partial charge in [0.15, 0.2) is 0 Å². The van der Waals surface area contributed by atoms with Gasteiger partial charge in [0, 0.05) is 44.0 Å². The number of ether oxygens (including phenoxy) is 3. The van der Waals surface area contributed by atoms with Crippen molar-refractivity contribution in [2.45, 2.75) is 62.5 Å². The minimum atomic E-state index is -3.86. The molecule has 0 saturated carbocycles. The molecule has 4 rings (SSSR count). The lowest BCUT2D eigenvalue weighted by molar-refractivity contribution is -0.0115. The number of nitrogens with zero attached hydrogens (tertiary/aromatic N) is 2. The van der Waals surface area contributed by atoms with Gasteiger partial charge in [0.2, 0.25) is 0 Å². The molecule has 0 saturated heterocycles. The molecule has 0 spiro atoms. The second-order valence-electron chi connectivity index (χ2n) is 12.1. The number of aliphatic hydroxyl groups is 1. The summed E-state index contributed by atoms with van der Waals surface area (Å²) in [5, 5.41) is 14.8. The molecule has 3 N–H and O–H groups in total. The van der Waals surface area contributed by atoms with Crippen molar-refractivity contribution in [2.24, 2.45) is 5.92 Å². The number of likely N-dealkylation sites (N-methyl/N-ethyl adjacent to an activating group) is 1. The van der Waals surface area contributed by atoms with Crippen LogP contribution in [0.15, 0.2) is 64.2 Å². The number of urea groups is 1. The van der Waals surface area contributed by atoms with Crippen LogP contribution in [0, 0.1) is 5.92 Å². The minimum Gasteiger partial charge on any atom is -0.497 e. The predicted molar refractivity (Wildman–Crippen MR) is 187 cm³/mol. The number of hydrogen-bond donors (Lipinski definition) is 3. The minimum absolute atomic E-state index is 0.150. The van der Waals surface area contributed by atoms with E-state index in [0.717, 1.165) is 24.2 Å². The summed E-state index contributed by atoms with van der Waals surface area (Å²) in [5.74, 6) is 0.322. The van der Waals surface area contributed by atoms with Crippen molar-refractivity contribution in [3.8, 4) is 11.5 Å². The van der Waals surface area contributed by atoms with Gasteiger partial charge >= 0.3 is 6.03 Å². The molecule has 0 radical (unpaired) electrons. The van der Waals surface area contributed by atoms with Gasteiger partial charge in [0.25, 0.3) is 15.9 Å². The first-order chi connectivity index (χ1) is 22.9. The molecule has 0 bridgehead atoms. The molecule has 1 aliphatic heterocycles. The van der Waals surface area contributed by atoms with Crippen LogP contribution in [0.1, 0.15) is 50.4 Å². The molecule has 48 heavy (non-hydrogen) atoms. The van der Waals surface area contributed by atoms with Gasteiger partial charge in [-0.25, -0.2) is 13.2 Å². The van der Waals surface area contributed by atoms with Crippen LogP contribution in [0.3, 0.4) is 0 Å². The average molecular weight is 703 g/mol. The highest BCUT2D eigenvalue weighted by Crippen LogP contribution is 2.30. The summed E-state index contributed by atoms with van der Waals surface area (Å²) >= 11 is 1.09. The Hall–Kier alpha value is -3.85. The van der Waals surface area contributed by atoms with E-state index in [1.54, 1.807) is 78.7 Å². The molecule has 0 unspecified atom stereocenters. The summed E-state index contributed by atoms with van der Waals surface area (Å²) in [6.45, 7) is 6.22. The Morgan fingerprint density at radius 2 is 1.88 bits per heavy atom. The third-order valence-electron chi connectivity index (χ3n) is 8.21. The normalized spacial score (nSPS) is 20.1. The zero-order valence-corrected chi connectivity index (χ0v) is 29.7. The number of carbonyl (C=O) groups is 2. The summed E-state index contributed by atoms with van der Waals surface area (Å²) in [4.78, 5) is 30.6. The Labute approximate surface area is 287 Å². The van der Waals surface area contributed by atoms with E-state index in [0.29, 0.717) is 30.2 Å². The highest BCUT2D eigenvalue weighted by Gasteiger charge is 2.31. The maximum atomic E-state index is 14.3. The van der Waals surface area contributed by atoms with Gasteiger partial charge in [-0.05, 0) is 87.0 Å². The van der Waals surface area contributed by atoms with Gasteiger partial charge in [0.1, 0.15) is 15.7 Å². The second kappa shape index (κ2) is 17.0. The molecule has 2 heterocycles. The number of thiophene rings is 1. The Bertz CT molecular complexity index is 1600. The van der Waals surface area contributed by atoms with Crippen LogP contribution in [0.25, 0.3) is 0 Å². The maximum absolute atomic E-state index is 14.3. The van der Waals surface area contributed by atoms with Crippen molar-refractivity contribution in [3.63, 3.8) is 0 Å². The van der Waals surface area contributed by atoms with Crippen molar-refractivity contribution < 1.29 is 37.3 Å². The molecule has 4 atom stereocenters. The largest absolute Gasteiger partial charge is 0.497 e. The molecule has 3 amide bonds. The van der Waals surface area contributed by atoms with Gasteiger partial charge in [-0.15, -0.1) is 11.3 Å². The molecule has 0 fully saturated rings. The van der Waals surface area contributed by atoms with E-state index < -0.39 is 28.1 Å². The number of hydrogen-bond acceptors (Lipinski definition) is 9. The molecule has 1 aromatic heterocycles. The molecule has 2 aromatic carbocycles. The molecule has 3 aromatic rings. The summed E-state index contributed by atoms with van der Waals surface area (Å²) < 4.78 is 46.5. The molecule has 0 aliphatic carbocycles. The van der Waals surface area contributed by atoms with Crippen molar-refractivity contribution in [1.29, 1.82) is 0 Å². The topological polar surface area (TPSA) is 147 Å². The first-order valence-corrected chi connectivity index (χ1v) is 18.3. The monoisotopic (exact) mass is 702 g/mol. The Balaban J connectivity index is 1.60. The van der Waals surface area contributed by atoms with E-state index in [1.807, 2.05) is 13.8 Å². The zero-order valence-electron chi connectivity index (χ0n) is 28.0.